The molecular weight excluding hydrogens is 433 g/mol. The van der Waals surface area contributed by atoms with Crippen LogP contribution in [0.4, 0.5) is 19.0 Å². The van der Waals surface area contributed by atoms with Crippen LogP contribution in [0, 0.1) is 5.92 Å². The molecule has 1 aromatic heterocycles. The molecule has 4 rings (SSSR count). The van der Waals surface area contributed by atoms with Gasteiger partial charge in [0.05, 0.1) is 17.3 Å². The molecule has 6 nitrogen and oxygen atoms in total. The van der Waals surface area contributed by atoms with Crippen LogP contribution in [0.25, 0.3) is 16.9 Å². The van der Waals surface area contributed by atoms with Crippen molar-refractivity contribution < 1.29 is 22.8 Å². The van der Waals surface area contributed by atoms with E-state index in [0.29, 0.717) is 17.9 Å². The van der Waals surface area contributed by atoms with Gasteiger partial charge in [0.25, 0.3) is 0 Å². The van der Waals surface area contributed by atoms with Crippen molar-refractivity contribution in [3.8, 4) is 16.9 Å². The first-order valence-electron chi connectivity index (χ1n) is 10.7. The Balaban J connectivity index is 1.61. The molecule has 2 amide bonds. The number of alkyl halides is 3. The van der Waals surface area contributed by atoms with Crippen molar-refractivity contribution >= 4 is 17.6 Å². The van der Waals surface area contributed by atoms with Crippen LogP contribution in [0.5, 0.6) is 0 Å². The minimum Gasteiger partial charge on any atom is -0.355 e. The normalized spacial score (nSPS) is 16.0. The number of aryl methyl sites for hydroxylation is 1. The van der Waals surface area contributed by atoms with Gasteiger partial charge in [0.2, 0.25) is 11.8 Å². The molecule has 0 radical (unpaired) electrons. The number of nitrogens with one attached hydrogen (secondary N) is 2. The van der Waals surface area contributed by atoms with E-state index in [4.69, 9.17) is 0 Å². The molecule has 0 bridgehead atoms. The Bertz CT molecular complexity index is 1140. The molecular formula is C24H23F3N4O2. The highest BCUT2D eigenvalue weighted by atomic mass is 19.4. The molecule has 1 fully saturated rings. The molecule has 1 aliphatic heterocycles. The molecule has 1 saturated heterocycles. The van der Waals surface area contributed by atoms with Crippen LogP contribution < -0.4 is 10.6 Å². The number of carbonyl (C=O) groups excluding carboxylic acids is 2. The third kappa shape index (κ3) is 5.79. The monoisotopic (exact) mass is 456 g/mol. The zero-order valence-electron chi connectivity index (χ0n) is 17.7. The molecule has 3 aromatic rings. The van der Waals surface area contributed by atoms with Crippen LogP contribution in [-0.2, 0) is 16.0 Å². The summed E-state index contributed by atoms with van der Waals surface area (Å²) in [6.45, 7) is 0.289. The van der Waals surface area contributed by atoms with E-state index in [1.165, 1.54) is 0 Å². The fraction of sp³-hybridized carbons (Fsp3) is 0.292. The van der Waals surface area contributed by atoms with E-state index < -0.39 is 18.5 Å². The lowest BCUT2D eigenvalue weighted by Crippen LogP contribution is -2.24. The molecule has 2 heterocycles. The van der Waals surface area contributed by atoms with Crippen molar-refractivity contribution in [3.05, 3.63) is 66.2 Å². The molecule has 0 spiro atoms. The number of anilines is 1. The lowest BCUT2D eigenvalue weighted by molar-refractivity contribution is -0.135. The van der Waals surface area contributed by atoms with E-state index in [0.717, 1.165) is 16.8 Å². The van der Waals surface area contributed by atoms with Gasteiger partial charge >= 0.3 is 6.18 Å². The van der Waals surface area contributed by atoms with E-state index in [1.54, 1.807) is 22.9 Å². The van der Waals surface area contributed by atoms with Crippen molar-refractivity contribution in [2.24, 2.45) is 5.92 Å². The third-order valence-electron chi connectivity index (χ3n) is 5.46. The summed E-state index contributed by atoms with van der Waals surface area (Å²) in [5.41, 5.74) is 3.02. The zero-order chi connectivity index (χ0) is 23.4. The number of carbonyl (C=O) groups is 2. The maximum absolute atomic E-state index is 12.6. The topological polar surface area (TPSA) is 76.0 Å². The molecule has 172 valence electrons. The van der Waals surface area contributed by atoms with Crippen molar-refractivity contribution in [1.82, 2.24) is 15.1 Å². The van der Waals surface area contributed by atoms with E-state index in [2.05, 4.69) is 15.7 Å². The zero-order valence-corrected chi connectivity index (χ0v) is 17.7. The number of hydrogen-bond donors (Lipinski definition) is 2. The van der Waals surface area contributed by atoms with Gasteiger partial charge in [-0.15, -0.1) is 5.10 Å². The Morgan fingerprint density at radius 2 is 1.91 bits per heavy atom. The number of hydrogen-bond acceptors (Lipinski definition) is 3. The van der Waals surface area contributed by atoms with Gasteiger partial charge in [0, 0.05) is 31.0 Å². The van der Waals surface area contributed by atoms with Gasteiger partial charge < -0.3 is 10.6 Å². The van der Waals surface area contributed by atoms with Crippen LogP contribution in [-0.4, -0.2) is 34.3 Å². The smallest absolute Gasteiger partial charge is 0.355 e. The van der Waals surface area contributed by atoms with E-state index in [1.807, 2.05) is 42.5 Å². The predicted molar refractivity (Wildman–Crippen MR) is 118 cm³/mol. The van der Waals surface area contributed by atoms with Gasteiger partial charge in [-0.1, -0.05) is 36.4 Å². The van der Waals surface area contributed by atoms with Crippen LogP contribution in [0.2, 0.25) is 0 Å². The summed E-state index contributed by atoms with van der Waals surface area (Å²) >= 11 is 0. The van der Waals surface area contributed by atoms with Crippen LogP contribution in [0.3, 0.4) is 0 Å². The highest BCUT2D eigenvalue weighted by Crippen LogP contribution is 2.28. The maximum atomic E-state index is 12.6. The first kappa shape index (κ1) is 22.6. The molecule has 2 N–H and O–H groups in total. The molecule has 0 unspecified atom stereocenters. The van der Waals surface area contributed by atoms with Gasteiger partial charge in [0.1, 0.15) is 0 Å². The van der Waals surface area contributed by atoms with E-state index in [9.17, 15) is 22.8 Å². The van der Waals surface area contributed by atoms with Crippen LogP contribution >= 0.6 is 0 Å². The summed E-state index contributed by atoms with van der Waals surface area (Å²) in [6, 6.07) is 18.4. The molecule has 0 aliphatic carbocycles. The molecule has 0 saturated carbocycles. The van der Waals surface area contributed by atoms with E-state index >= 15 is 0 Å². The van der Waals surface area contributed by atoms with Crippen molar-refractivity contribution in [2.75, 3.05) is 11.9 Å². The molecule has 9 heteroatoms. The number of amides is 2. The molecule has 33 heavy (non-hydrogen) atoms. The third-order valence-corrected chi connectivity index (χ3v) is 5.46. The fourth-order valence-corrected chi connectivity index (χ4v) is 3.81. The molecule has 1 atom stereocenters. The highest BCUT2D eigenvalue weighted by molar-refractivity contribution is 5.97. The Morgan fingerprint density at radius 3 is 2.61 bits per heavy atom. The van der Waals surface area contributed by atoms with E-state index in [-0.39, 0.29) is 31.2 Å². The quantitative estimate of drug-likeness (QED) is 0.550. The number of para-hydroxylation sites is 1. The average molecular weight is 456 g/mol. The Morgan fingerprint density at radius 1 is 1.12 bits per heavy atom. The molecule has 2 aromatic carbocycles. The SMILES string of the molecule is O=C1C[C@H](C(=O)Nc2cc(-c3cccc(CCCC(F)(F)F)c3)n(-c3ccccc3)n2)CN1. The second-order valence-electron chi connectivity index (χ2n) is 8.03. The predicted octanol–water partition coefficient (Wildman–Crippen LogP) is 4.50. The summed E-state index contributed by atoms with van der Waals surface area (Å²) in [6.07, 6.45) is -4.54. The van der Waals surface area contributed by atoms with Crippen molar-refractivity contribution in [3.63, 3.8) is 0 Å². The first-order valence-corrected chi connectivity index (χ1v) is 10.7. The number of aromatic nitrogens is 2. The van der Waals surface area contributed by atoms with Crippen molar-refractivity contribution in [2.45, 2.75) is 31.9 Å². The van der Waals surface area contributed by atoms with Gasteiger partial charge in [-0.25, -0.2) is 4.68 Å². The summed E-state index contributed by atoms with van der Waals surface area (Å²) < 4.78 is 39.2. The van der Waals surface area contributed by atoms with Gasteiger partial charge in [-0.05, 0) is 36.6 Å². The fourth-order valence-electron chi connectivity index (χ4n) is 3.81. The first-order chi connectivity index (χ1) is 15.8. The highest BCUT2D eigenvalue weighted by Gasteiger charge is 2.29. The largest absolute Gasteiger partial charge is 0.389 e. The maximum Gasteiger partial charge on any atom is 0.389 e. The summed E-state index contributed by atoms with van der Waals surface area (Å²) in [5, 5.41) is 9.97. The number of halogens is 3. The summed E-state index contributed by atoms with van der Waals surface area (Å²) in [7, 11) is 0. The molecule has 1 aliphatic rings. The van der Waals surface area contributed by atoms with Gasteiger partial charge in [-0.2, -0.15) is 13.2 Å². The second-order valence-corrected chi connectivity index (χ2v) is 8.03. The number of nitrogens with zero attached hydrogens (tertiary/aromatic N) is 2. The Kier molecular flexibility index (Phi) is 6.48. The lowest BCUT2D eigenvalue weighted by Gasteiger charge is -2.10. The van der Waals surface area contributed by atoms with Crippen molar-refractivity contribution in [1.29, 1.82) is 0 Å². The average Bonchev–Trinajstić information content (AvgIpc) is 3.40. The van der Waals surface area contributed by atoms with Crippen LogP contribution in [0.15, 0.2) is 60.7 Å². The Labute approximate surface area is 188 Å². The minimum absolute atomic E-state index is 0.0142. The summed E-state index contributed by atoms with van der Waals surface area (Å²) in [5.74, 6) is -0.577. The van der Waals surface area contributed by atoms with Crippen LogP contribution in [0.1, 0.15) is 24.8 Å². The minimum atomic E-state index is -4.17. The number of benzene rings is 2. The van der Waals surface area contributed by atoms with Gasteiger partial charge in [-0.3, -0.25) is 9.59 Å². The lowest BCUT2D eigenvalue weighted by atomic mass is 10.0. The summed E-state index contributed by atoms with van der Waals surface area (Å²) in [4.78, 5) is 24.0. The standard InChI is InChI=1S/C24H23F3N4O2/c25-24(26,27)11-5-7-16-6-4-8-17(12-16)20-14-21(29-23(33)18-13-22(32)28-15-18)30-31(20)19-9-2-1-3-10-19/h1-4,6,8-10,12,14,18H,5,7,11,13,15H2,(H,28,32)(H,29,30,33)/t18-/m0/s1. The Hall–Kier alpha value is -3.62. The number of rotatable bonds is 7. The second kappa shape index (κ2) is 9.48. The van der Waals surface area contributed by atoms with Gasteiger partial charge in [0.15, 0.2) is 5.82 Å².